The number of fused-ring (bicyclic) bond motifs is 1. The van der Waals surface area contributed by atoms with Crippen molar-refractivity contribution in [1.29, 1.82) is 0 Å². The van der Waals surface area contributed by atoms with Crippen LogP contribution in [0.15, 0.2) is 30.5 Å². The average molecular weight is 328 g/mol. The molecule has 1 aliphatic carbocycles. The summed E-state index contributed by atoms with van der Waals surface area (Å²) in [4.78, 5) is 27.6. The van der Waals surface area contributed by atoms with Crippen LogP contribution in [0, 0.1) is 0 Å². The van der Waals surface area contributed by atoms with Gasteiger partial charge >= 0.3 is 0 Å². The van der Waals surface area contributed by atoms with E-state index in [-0.39, 0.29) is 11.7 Å². The van der Waals surface area contributed by atoms with Crippen LogP contribution < -0.4 is 10.1 Å². The van der Waals surface area contributed by atoms with Crippen molar-refractivity contribution in [3.8, 4) is 5.75 Å². The summed E-state index contributed by atoms with van der Waals surface area (Å²) in [6.45, 7) is 0.991. The number of carbonyl (C=O) groups excluding carboxylic acids is 2. The zero-order chi connectivity index (χ0) is 16.9. The molecule has 6 nitrogen and oxygen atoms in total. The minimum Gasteiger partial charge on any atom is -0.491 e. The minimum atomic E-state index is -0.282. The summed E-state index contributed by atoms with van der Waals surface area (Å²) in [5.74, 6) is 0.458. The van der Waals surface area contributed by atoms with E-state index in [4.69, 9.17) is 9.47 Å². The molecule has 1 aliphatic rings. The fourth-order valence-corrected chi connectivity index (χ4v) is 2.79. The lowest BCUT2D eigenvalue weighted by atomic mass is 9.93. The van der Waals surface area contributed by atoms with Crippen LogP contribution in [0.25, 0.3) is 0 Å². The molecule has 0 unspecified atom stereocenters. The highest BCUT2D eigenvalue weighted by molar-refractivity contribution is 6.13. The fourth-order valence-electron chi connectivity index (χ4n) is 2.79. The van der Waals surface area contributed by atoms with Crippen LogP contribution >= 0.6 is 0 Å². The molecule has 0 spiro atoms. The summed E-state index contributed by atoms with van der Waals surface area (Å²) in [5, 5.41) is 2.82. The maximum Gasteiger partial charge on any atom is 0.257 e. The Morgan fingerprint density at radius 3 is 2.75 bits per heavy atom. The van der Waals surface area contributed by atoms with Gasteiger partial charge in [-0.15, -0.1) is 0 Å². The first-order chi connectivity index (χ1) is 11.7. The Hall–Kier alpha value is -2.60. The lowest BCUT2D eigenvalue weighted by Crippen LogP contribution is -2.17. The molecular weight excluding hydrogens is 308 g/mol. The molecule has 24 heavy (non-hydrogen) atoms. The van der Waals surface area contributed by atoms with Crippen molar-refractivity contribution >= 4 is 17.4 Å². The maximum absolute atomic E-state index is 12.5. The Bertz CT molecular complexity index is 734. The highest BCUT2D eigenvalue weighted by Crippen LogP contribution is 2.25. The molecule has 1 aromatic carbocycles. The highest BCUT2D eigenvalue weighted by Gasteiger charge is 2.25. The van der Waals surface area contributed by atoms with Gasteiger partial charge in [-0.2, -0.15) is 0 Å². The number of rotatable bonds is 6. The molecule has 0 saturated carbocycles. The van der Waals surface area contributed by atoms with Gasteiger partial charge in [-0.05, 0) is 37.1 Å². The monoisotopic (exact) mass is 328 g/mol. The number of aromatic nitrogens is 1. The van der Waals surface area contributed by atoms with Crippen LogP contribution in [-0.2, 0) is 11.2 Å². The largest absolute Gasteiger partial charge is 0.491 e. The van der Waals surface area contributed by atoms with Gasteiger partial charge in [0.15, 0.2) is 5.78 Å². The van der Waals surface area contributed by atoms with Gasteiger partial charge in [0.1, 0.15) is 12.4 Å². The Morgan fingerprint density at radius 1 is 1.21 bits per heavy atom. The summed E-state index contributed by atoms with van der Waals surface area (Å²) in [6.07, 6.45) is 3.75. The van der Waals surface area contributed by atoms with Gasteiger partial charge < -0.3 is 19.8 Å². The average Bonchev–Trinajstić information content (AvgIpc) is 3.02. The number of aromatic amines is 1. The number of methoxy groups -OCH3 is 1. The van der Waals surface area contributed by atoms with Crippen molar-refractivity contribution in [1.82, 2.24) is 4.98 Å². The Balaban J connectivity index is 1.67. The number of H-pyrrole nitrogens is 1. The van der Waals surface area contributed by atoms with E-state index in [0.29, 0.717) is 42.2 Å². The number of ether oxygens (including phenoxy) is 2. The third-order valence-corrected chi connectivity index (χ3v) is 3.98. The molecular formula is C18H20N2O4. The maximum atomic E-state index is 12.5. The van der Waals surface area contributed by atoms with Gasteiger partial charge in [0, 0.05) is 31.1 Å². The first-order valence-corrected chi connectivity index (χ1v) is 7.95. The number of hydrogen-bond donors (Lipinski definition) is 2. The van der Waals surface area contributed by atoms with Crippen molar-refractivity contribution in [2.45, 2.75) is 19.3 Å². The van der Waals surface area contributed by atoms with E-state index in [1.165, 1.54) is 0 Å². The predicted octanol–water partition coefficient (Wildman–Crippen LogP) is 2.81. The Labute approximate surface area is 140 Å². The van der Waals surface area contributed by atoms with Crippen LogP contribution in [-0.4, -0.2) is 37.0 Å². The molecule has 0 aliphatic heterocycles. The van der Waals surface area contributed by atoms with Crippen LogP contribution in [0.2, 0.25) is 0 Å². The summed E-state index contributed by atoms with van der Waals surface area (Å²) < 4.78 is 10.4. The molecule has 0 bridgehead atoms. The number of benzene rings is 1. The minimum absolute atomic E-state index is 0.0320. The molecule has 3 rings (SSSR count). The van der Waals surface area contributed by atoms with Crippen molar-refractivity contribution < 1.29 is 19.1 Å². The molecule has 2 aromatic rings. The van der Waals surface area contributed by atoms with E-state index < -0.39 is 0 Å². The van der Waals surface area contributed by atoms with E-state index in [9.17, 15) is 9.59 Å². The first kappa shape index (κ1) is 16.3. The molecule has 126 valence electrons. The number of amides is 1. The molecule has 0 atom stereocenters. The number of ketones is 1. The molecule has 0 saturated heterocycles. The summed E-state index contributed by atoms with van der Waals surface area (Å²) in [6, 6.07) is 7.09. The van der Waals surface area contributed by atoms with Crippen LogP contribution in [0.4, 0.5) is 5.69 Å². The molecule has 0 fully saturated rings. The van der Waals surface area contributed by atoms with E-state index in [0.717, 1.165) is 18.5 Å². The SMILES string of the molecule is COCCOc1ccc(NC(=O)c2c[nH]c3c2C(=O)CCC3)cc1. The second kappa shape index (κ2) is 7.31. The van der Waals surface area contributed by atoms with Crippen molar-refractivity contribution in [2.75, 3.05) is 25.6 Å². The van der Waals surface area contributed by atoms with Crippen molar-refractivity contribution in [3.05, 3.63) is 47.3 Å². The topological polar surface area (TPSA) is 80.4 Å². The van der Waals surface area contributed by atoms with E-state index in [2.05, 4.69) is 10.3 Å². The van der Waals surface area contributed by atoms with Gasteiger partial charge in [0.05, 0.1) is 17.7 Å². The number of carbonyl (C=O) groups is 2. The number of aryl methyl sites for hydroxylation is 1. The van der Waals surface area contributed by atoms with Gasteiger partial charge in [-0.25, -0.2) is 0 Å². The van der Waals surface area contributed by atoms with Gasteiger partial charge in [-0.1, -0.05) is 0 Å². The van der Waals surface area contributed by atoms with Crippen molar-refractivity contribution in [3.63, 3.8) is 0 Å². The van der Waals surface area contributed by atoms with Gasteiger partial charge in [-0.3, -0.25) is 9.59 Å². The third kappa shape index (κ3) is 3.49. The lowest BCUT2D eigenvalue weighted by Gasteiger charge is -2.12. The zero-order valence-electron chi connectivity index (χ0n) is 13.6. The van der Waals surface area contributed by atoms with Crippen LogP contribution in [0.5, 0.6) is 5.75 Å². The predicted molar refractivity (Wildman–Crippen MR) is 89.8 cm³/mol. The Morgan fingerprint density at radius 2 is 2.00 bits per heavy atom. The summed E-state index contributed by atoms with van der Waals surface area (Å²) >= 11 is 0. The standard InChI is InChI=1S/C18H20N2O4/c1-23-9-10-24-13-7-5-12(6-8-13)20-18(22)14-11-19-15-3-2-4-16(21)17(14)15/h5-8,11,19H,2-4,9-10H2,1H3,(H,20,22). The molecule has 1 heterocycles. The van der Waals surface area contributed by atoms with E-state index in [1.807, 2.05) is 0 Å². The quantitative estimate of drug-likeness (QED) is 0.799. The number of Topliss-reactive ketones (excluding diaryl/α,β-unsaturated/α-hetero) is 1. The van der Waals surface area contributed by atoms with Crippen LogP contribution in [0.3, 0.4) is 0 Å². The third-order valence-electron chi connectivity index (χ3n) is 3.98. The molecule has 0 radical (unpaired) electrons. The lowest BCUT2D eigenvalue weighted by molar-refractivity contribution is 0.0956. The molecule has 1 amide bonds. The smallest absolute Gasteiger partial charge is 0.257 e. The van der Waals surface area contributed by atoms with Crippen molar-refractivity contribution in [2.24, 2.45) is 0 Å². The van der Waals surface area contributed by atoms with Crippen LogP contribution in [0.1, 0.15) is 39.3 Å². The molecule has 1 aromatic heterocycles. The van der Waals surface area contributed by atoms with Gasteiger partial charge in [0.2, 0.25) is 0 Å². The second-order valence-electron chi connectivity index (χ2n) is 5.65. The van der Waals surface area contributed by atoms with E-state index >= 15 is 0 Å². The number of anilines is 1. The zero-order valence-corrected chi connectivity index (χ0v) is 13.6. The normalized spacial score (nSPS) is 13.5. The second-order valence-corrected chi connectivity index (χ2v) is 5.65. The van der Waals surface area contributed by atoms with Gasteiger partial charge in [0.25, 0.3) is 5.91 Å². The molecule has 2 N–H and O–H groups in total. The summed E-state index contributed by atoms with van der Waals surface area (Å²) in [5.41, 5.74) is 2.46. The summed E-state index contributed by atoms with van der Waals surface area (Å²) in [7, 11) is 1.62. The number of nitrogens with one attached hydrogen (secondary N) is 2. The number of hydrogen-bond acceptors (Lipinski definition) is 4. The fraction of sp³-hybridized carbons (Fsp3) is 0.333. The Kier molecular flexibility index (Phi) is 4.96. The first-order valence-electron chi connectivity index (χ1n) is 7.95. The molecule has 6 heteroatoms. The highest BCUT2D eigenvalue weighted by atomic mass is 16.5. The van der Waals surface area contributed by atoms with E-state index in [1.54, 1.807) is 37.6 Å².